The highest BCUT2D eigenvalue weighted by Crippen LogP contribution is 2.21. The van der Waals surface area contributed by atoms with Crippen LogP contribution in [0.1, 0.15) is 33.9 Å². The molecule has 2 rings (SSSR count). The second kappa shape index (κ2) is 5.75. The normalized spacial score (nSPS) is 10.8. The maximum Gasteiger partial charge on any atom is 0.226 e. The number of amides is 1. The molecule has 0 radical (unpaired) electrons. The van der Waals surface area contributed by atoms with Crippen LogP contribution in [0.25, 0.3) is 0 Å². The summed E-state index contributed by atoms with van der Waals surface area (Å²) in [6, 6.07) is 0. The molecule has 2 heterocycles. The van der Waals surface area contributed by atoms with Crippen LogP contribution in [0.15, 0.2) is 0 Å². The molecule has 1 amide bonds. The second-order valence-electron chi connectivity index (χ2n) is 4.98. The molecular weight excluding hydrogens is 272 g/mol. The molecule has 0 spiro atoms. The van der Waals surface area contributed by atoms with Gasteiger partial charge >= 0.3 is 0 Å². The Morgan fingerprint density at radius 2 is 1.95 bits per heavy atom. The molecule has 0 bridgehead atoms. The summed E-state index contributed by atoms with van der Waals surface area (Å²) in [5, 5.41) is 7.91. The number of rotatable bonds is 4. The Bertz CT molecular complexity index is 622. The van der Waals surface area contributed by atoms with Gasteiger partial charge in [-0.15, -0.1) is 11.3 Å². The highest BCUT2D eigenvalue weighted by Gasteiger charge is 2.12. The van der Waals surface area contributed by atoms with Crippen LogP contribution in [0.3, 0.4) is 0 Å². The van der Waals surface area contributed by atoms with Gasteiger partial charge in [0.25, 0.3) is 0 Å². The molecule has 0 aromatic carbocycles. The molecule has 2 aromatic rings. The standard InChI is InChI=1S/C14H20N4OS/c1-8-11(4)20-14(15-8)16-13(19)7-6-12-9(2)17-18(5)10(12)3/h6-7H2,1-5H3,(H,15,16,19). The Labute approximate surface area is 123 Å². The average molecular weight is 292 g/mol. The van der Waals surface area contributed by atoms with E-state index in [4.69, 9.17) is 0 Å². The van der Waals surface area contributed by atoms with E-state index in [1.54, 1.807) is 0 Å². The van der Waals surface area contributed by atoms with Crippen molar-refractivity contribution in [2.75, 3.05) is 5.32 Å². The van der Waals surface area contributed by atoms with Crippen LogP contribution in [0, 0.1) is 27.7 Å². The van der Waals surface area contributed by atoms with Gasteiger partial charge < -0.3 is 5.32 Å². The fourth-order valence-corrected chi connectivity index (χ4v) is 2.96. The minimum absolute atomic E-state index is 0.00130. The molecule has 0 atom stereocenters. The zero-order chi connectivity index (χ0) is 14.9. The number of aromatic nitrogens is 3. The maximum atomic E-state index is 12.0. The fourth-order valence-electron chi connectivity index (χ4n) is 2.13. The summed E-state index contributed by atoms with van der Waals surface area (Å²) in [5.74, 6) is 0.00130. The van der Waals surface area contributed by atoms with E-state index in [9.17, 15) is 4.79 Å². The van der Waals surface area contributed by atoms with Gasteiger partial charge in [-0.2, -0.15) is 5.10 Å². The second-order valence-corrected chi connectivity index (χ2v) is 6.18. The average Bonchev–Trinajstić information content (AvgIpc) is 2.79. The number of hydrogen-bond donors (Lipinski definition) is 1. The van der Waals surface area contributed by atoms with Gasteiger partial charge in [-0.1, -0.05) is 0 Å². The number of anilines is 1. The lowest BCUT2D eigenvalue weighted by Crippen LogP contribution is -2.12. The molecule has 6 heteroatoms. The van der Waals surface area contributed by atoms with E-state index < -0.39 is 0 Å². The lowest BCUT2D eigenvalue weighted by molar-refractivity contribution is -0.116. The molecule has 0 saturated carbocycles. The Kier molecular flexibility index (Phi) is 4.23. The molecule has 1 N–H and O–H groups in total. The van der Waals surface area contributed by atoms with Crippen molar-refractivity contribution in [2.24, 2.45) is 7.05 Å². The van der Waals surface area contributed by atoms with Crippen LogP contribution >= 0.6 is 11.3 Å². The summed E-state index contributed by atoms with van der Waals surface area (Å²) in [7, 11) is 1.92. The smallest absolute Gasteiger partial charge is 0.226 e. The summed E-state index contributed by atoms with van der Waals surface area (Å²) in [4.78, 5) is 17.4. The molecule has 0 aliphatic heterocycles. The van der Waals surface area contributed by atoms with Crippen LogP contribution in [0.2, 0.25) is 0 Å². The first-order valence-corrected chi connectivity index (χ1v) is 7.43. The number of nitrogens with one attached hydrogen (secondary N) is 1. The van der Waals surface area contributed by atoms with E-state index >= 15 is 0 Å². The number of nitrogens with zero attached hydrogens (tertiary/aromatic N) is 3. The SMILES string of the molecule is Cc1nc(NC(=O)CCc2c(C)nn(C)c2C)sc1C. The summed E-state index contributed by atoms with van der Waals surface area (Å²) in [6.45, 7) is 7.96. The Balaban J connectivity index is 1.95. The largest absolute Gasteiger partial charge is 0.302 e. The van der Waals surface area contributed by atoms with Crippen molar-refractivity contribution >= 4 is 22.4 Å². The quantitative estimate of drug-likeness (QED) is 0.942. The number of carbonyl (C=O) groups is 1. The molecule has 108 valence electrons. The third-order valence-corrected chi connectivity index (χ3v) is 4.52. The van der Waals surface area contributed by atoms with E-state index in [2.05, 4.69) is 15.4 Å². The van der Waals surface area contributed by atoms with Crippen LogP contribution in [-0.2, 0) is 18.3 Å². The number of carbonyl (C=O) groups excluding carboxylic acids is 1. The summed E-state index contributed by atoms with van der Waals surface area (Å²) >= 11 is 1.52. The minimum Gasteiger partial charge on any atom is -0.302 e. The molecule has 20 heavy (non-hydrogen) atoms. The topological polar surface area (TPSA) is 59.8 Å². The summed E-state index contributed by atoms with van der Waals surface area (Å²) < 4.78 is 1.86. The number of aryl methyl sites for hydroxylation is 4. The lowest BCUT2D eigenvalue weighted by atomic mass is 10.1. The van der Waals surface area contributed by atoms with Crippen molar-refractivity contribution in [3.8, 4) is 0 Å². The monoisotopic (exact) mass is 292 g/mol. The van der Waals surface area contributed by atoms with Gasteiger partial charge in [0.2, 0.25) is 5.91 Å². The van der Waals surface area contributed by atoms with Crippen molar-refractivity contribution < 1.29 is 4.79 Å². The molecule has 0 unspecified atom stereocenters. The van der Waals surface area contributed by atoms with E-state index in [0.717, 1.165) is 27.5 Å². The molecule has 2 aromatic heterocycles. The highest BCUT2D eigenvalue weighted by molar-refractivity contribution is 7.15. The molecule has 0 aliphatic carbocycles. The molecular formula is C14H20N4OS. The Hall–Kier alpha value is -1.69. The van der Waals surface area contributed by atoms with Crippen molar-refractivity contribution in [3.05, 3.63) is 27.5 Å². The van der Waals surface area contributed by atoms with Crippen LogP contribution < -0.4 is 5.32 Å². The first-order chi connectivity index (χ1) is 9.38. The number of thiazole rings is 1. The molecule has 0 aliphatic rings. The zero-order valence-electron chi connectivity index (χ0n) is 12.6. The van der Waals surface area contributed by atoms with Gasteiger partial charge in [-0.05, 0) is 39.7 Å². The van der Waals surface area contributed by atoms with E-state index in [-0.39, 0.29) is 5.91 Å². The van der Waals surface area contributed by atoms with Crippen LogP contribution in [0.5, 0.6) is 0 Å². The first-order valence-electron chi connectivity index (χ1n) is 6.61. The minimum atomic E-state index is 0.00130. The summed E-state index contributed by atoms with van der Waals surface area (Å²) in [5.41, 5.74) is 4.26. The highest BCUT2D eigenvalue weighted by atomic mass is 32.1. The lowest BCUT2D eigenvalue weighted by Gasteiger charge is -2.03. The Morgan fingerprint density at radius 3 is 2.45 bits per heavy atom. The summed E-state index contributed by atoms with van der Waals surface area (Å²) in [6.07, 6.45) is 1.16. The first kappa shape index (κ1) is 14.7. The van der Waals surface area contributed by atoms with Crippen molar-refractivity contribution in [1.82, 2.24) is 14.8 Å². The van der Waals surface area contributed by atoms with Gasteiger partial charge in [-0.3, -0.25) is 9.48 Å². The predicted molar refractivity (Wildman–Crippen MR) is 81.2 cm³/mol. The van der Waals surface area contributed by atoms with Gasteiger partial charge in [0.05, 0.1) is 11.4 Å². The third kappa shape index (κ3) is 3.07. The zero-order valence-corrected chi connectivity index (χ0v) is 13.4. The van der Waals surface area contributed by atoms with Gasteiger partial charge in [0, 0.05) is 24.0 Å². The van der Waals surface area contributed by atoms with Crippen LogP contribution in [-0.4, -0.2) is 20.7 Å². The van der Waals surface area contributed by atoms with Crippen molar-refractivity contribution in [2.45, 2.75) is 40.5 Å². The van der Waals surface area contributed by atoms with Crippen LogP contribution in [0.4, 0.5) is 5.13 Å². The van der Waals surface area contributed by atoms with Gasteiger partial charge in [0.1, 0.15) is 0 Å². The van der Waals surface area contributed by atoms with E-state index in [0.29, 0.717) is 18.0 Å². The predicted octanol–water partition coefficient (Wildman–Crippen LogP) is 2.68. The van der Waals surface area contributed by atoms with Crippen molar-refractivity contribution in [3.63, 3.8) is 0 Å². The number of hydrogen-bond acceptors (Lipinski definition) is 4. The Morgan fingerprint density at radius 1 is 1.25 bits per heavy atom. The van der Waals surface area contributed by atoms with Gasteiger partial charge in [-0.25, -0.2) is 4.98 Å². The molecule has 0 fully saturated rings. The molecule has 5 nitrogen and oxygen atoms in total. The van der Waals surface area contributed by atoms with E-state index in [1.807, 2.05) is 39.4 Å². The van der Waals surface area contributed by atoms with Gasteiger partial charge in [0.15, 0.2) is 5.13 Å². The fraction of sp³-hybridized carbons (Fsp3) is 0.500. The van der Waals surface area contributed by atoms with Crippen molar-refractivity contribution in [1.29, 1.82) is 0 Å². The van der Waals surface area contributed by atoms with E-state index in [1.165, 1.54) is 11.3 Å². The molecule has 0 saturated heterocycles. The maximum absolute atomic E-state index is 12.0. The third-order valence-electron chi connectivity index (χ3n) is 3.54.